The molecule has 3 aliphatic rings. The summed E-state index contributed by atoms with van der Waals surface area (Å²) in [4.78, 5) is 40.3. The first kappa shape index (κ1) is 32.4. The molecule has 4 aromatic rings. The molecule has 252 valence electrons. The minimum absolute atomic E-state index is 0.0121. The molecule has 3 saturated heterocycles. The molecule has 0 radical (unpaired) electrons. The van der Waals surface area contributed by atoms with Crippen LogP contribution in [0.3, 0.4) is 0 Å². The molecule has 48 heavy (non-hydrogen) atoms. The van der Waals surface area contributed by atoms with Crippen molar-refractivity contribution in [3.05, 3.63) is 138 Å². The molecule has 12 heteroatoms. The molecule has 3 unspecified atom stereocenters. The smallest absolute Gasteiger partial charge is 0.336 e. The van der Waals surface area contributed by atoms with E-state index in [2.05, 4.69) is 0 Å². The molecule has 3 aromatic carbocycles. The molecule has 3 atom stereocenters. The Labute approximate surface area is 277 Å². The summed E-state index contributed by atoms with van der Waals surface area (Å²) in [5.41, 5.74) is 4.20. The van der Waals surface area contributed by atoms with E-state index in [0.29, 0.717) is 19.8 Å². The zero-order valence-corrected chi connectivity index (χ0v) is 26.7. The van der Waals surface area contributed by atoms with E-state index in [1.165, 1.54) is 0 Å². The lowest BCUT2D eigenvalue weighted by atomic mass is 10.1. The lowest BCUT2D eigenvalue weighted by molar-refractivity contribution is 0.0995. The topological polar surface area (TPSA) is 131 Å². The number of aromatic nitrogens is 3. The molecule has 0 N–H and O–H groups in total. The summed E-state index contributed by atoms with van der Waals surface area (Å²) in [6, 6.07) is 23.9. The van der Waals surface area contributed by atoms with Crippen LogP contribution in [0.1, 0.15) is 51.7 Å². The average Bonchev–Trinajstić information content (AvgIpc) is 3.94. The second kappa shape index (κ2) is 14.9. The van der Waals surface area contributed by atoms with Crippen LogP contribution < -0.4 is 17.1 Å². The van der Waals surface area contributed by atoms with Gasteiger partial charge in [0.25, 0.3) is 0 Å². The van der Waals surface area contributed by atoms with Gasteiger partial charge in [0.1, 0.15) is 18.3 Å². The van der Waals surface area contributed by atoms with E-state index in [0.717, 1.165) is 66.9 Å². The quantitative estimate of drug-likeness (QED) is 0.117. The maximum atomic E-state index is 13.4. The first-order valence-electron chi connectivity index (χ1n) is 16.3. The molecule has 1 aromatic heterocycles. The van der Waals surface area contributed by atoms with Crippen LogP contribution in [0.5, 0.6) is 0 Å². The van der Waals surface area contributed by atoms with Crippen molar-refractivity contribution in [2.75, 3.05) is 39.6 Å². The molecule has 12 nitrogen and oxygen atoms in total. The number of hydrogen-bond donors (Lipinski definition) is 0. The van der Waals surface area contributed by atoms with Gasteiger partial charge in [0.2, 0.25) is 0 Å². The van der Waals surface area contributed by atoms with Crippen molar-refractivity contribution < 1.29 is 28.4 Å². The second-order valence-corrected chi connectivity index (χ2v) is 12.2. The molecular weight excluding hydrogens is 618 g/mol. The second-order valence-electron chi connectivity index (χ2n) is 12.2. The fraction of sp³-hybridized carbons (Fsp3) is 0.417. The number of epoxide rings is 3. The van der Waals surface area contributed by atoms with E-state index in [4.69, 9.17) is 28.4 Å². The van der Waals surface area contributed by atoms with Crippen LogP contribution in [0.4, 0.5) is 0 Å². The molecule has 0 amide bonds. The highest BCUT2D eigenvalue weighted by Crippen LogP contribution is 2.31. The Balaban J connectivity index is 0.983. The van der Waals surface area contributed by atoms with Gasteiger partial charge in [0.05, 0.1) is 79.1 Å². The van der Waals surface area contributed by atoms with Crippen LogP contribution in [0, 0.1) is 0 Å². The first-order chi connectivity index (χ1) is 23.5. The van der Waals surface area contributed by atoms with Gasteiger partial charge in [-0.1, -0.05) is 72.8 Å². The highest BCUT2D eigenvalue weighted by atomic mass is 16.6. The van der Waals surface area contributed by atoms with Gasteiger partial charge in [0.15, 0.2) is 0 Å². The van der Waals surface area contributed by atoms with Gasteiger partial charge in [-0.15, -0.1) is 0 Å². The van der Waals surface area contributed by atoms with Crippen molar-refractivity contribution in [3.63, 3.8) is 0 Å². The molecular formula is C36H39N3O9. The zero-order valence-electron chi connectivity index (χ0n) is 26.7. The van der Waals surface area contributed by atoms with E-state index in [-0.39, 0.29) is 57.8 Å². The summed E-state index contributed by atoms with van der Waals surface area (Å²) in [6.45, 7) is 3.49. The molecule has 7 rings (SSSR count). The summed E-state index contributed by atoms with van der Waals surface area (Å²) >= 11 is 0. The monoisotopic (exact) mass is 657 g/mol. The van der Waals surface area contributed by atoms with Crippen molar-refractivity contribution >= 4 is 0 Å². The maximum Gasteiger partial charge on any atom is 0.336 e. The van der Waals surface area contributed by atoms with Gasteiger partial charge < -0.3 is 28.4 Å². The predicted molar refractivity (Wildman–Crippen MR) is 174 cm³/mol. The van der Waals surface area contributed by atoms with E-state index < -0.39 is 17.1 Å². The molecule has 3 aliphatic heterocycles. The molecule has 4 heterocycles. The van der Waals surface area contributed by atoms with Crippen molar-refractivity contribution in [3.8, 4) is 0 Å². The third kappa shape index (κ3) is 8.27. The normalized spacial score (nSPS) is 19.4. The Bertz CT molecular complexity index is 1600. The lowest BCUT2D eigenvalue weighted by Gasteiger charge is -2.15. The zero-order chi connectivity index (χ0) is 32.9. The Morgan fingerprint density at radius 1 is 0.458 bits per heavy atom. The van der Waals surface area contributed by atoms with Crippen LogP contribution in [-0.2, 0) is 67.9 Å². The highest BCUT2D eigenvalue weighted by Gasteiger charge is 2.25. The summed E-state index contributed by atoms with van der Waals surface area (Å²) in [6.07, 6.45) is 0.552. The Kier molecular flexibility index (Phi) is 10.1. The van der Waals surface area contributed by atoms with E-state index in [9.17, 15) is 14.4 Å². The summed E-state index contributed by atoms with van der Waals surface area (Å²) in [5, 5.41) is 0. The summed E-state index contributed by atoms with van der Waals surface area (Å²) in [7, 11) is 0. The highest BCUT2D eigenvalue weighted by molar-refractivity contribution is 5.27. The summed E-state index contributed by atoms with van der Waals surface area (Å²) < 4.78 is 36.5. The van der Waals surface area contributed by atoms with Crippen molar-refractivity contribution in [1.82, 2.24) is 13.7 Å². The molecule has 0 bridgehead atoms. The Morgan fingerprint density at radius 2 is 0.708 bits per heavy atom. The lowest BCUT2D eigenvalue weighted by Crippen LogP contribution is -2.55. The largest absolute Gasteiger partial charge is 0.375 e. The van der Waals surface area contributed by atoms with E-state index >= 15 is 0 Å². The number of rotatable bonds is 18. The summed E-state index contributed by atoms with van der Waals surface area (Å²) in [5.74, 6) is 0. The van der Waals surface area contributed by atoms with Gasteiger partial charge in [-0.3, -0.25) is 0 Å². The third-order valence-corrected chi connectivity index (χ3v) is 8.62. The molecule has 3 fully saturated rings. The van der Waals surface area contributed by atoms with Gasteiger partial charge in [-0.2, -0.15) is 0 Å². The van der Waals surface area contributed by atoms with Crippen molar-refractivity contribution in [2.24, 2.45) is 0 Å². The van der Waals surface area contributed by atoms with Crippen LogP contribution in [-0.4, -0.2) is 53.3 Å². The Morgan fingerprint density at radius 3 is 0.938 bits per heavy atom. The Hall–Kier alpha value is -4.17. The average molecular weight is 658 g/mol. The number of benzene rings is 3. The predicted octanol–water partition coefficient (Wildman–Crippen LogP) is 3.04. The minimum Gasteiger partial charge on any atom is -0.375 e. The maximum absolute atomic E-state index is 13.4. The van der Waals surface area contributed by atoms with Crippen LogP contribution in [0.25, 0.3) is 0 Å². The minimum atomic E-state index is -0.698. The van der Waals surface area contributed by atoms with Crippen LogP contribution in [0.2, 0.25) is 0 Å². The standard InChI is InChI=1S/C36H39N3O9/c40-34-37(13-16-43-19-25-1-7-28(8-2-25)31-22-46-31)35(41)39(15-18-45-21-27-5-11-30(12-6-27)33-24-48-33)36(42)38(34)14-17-44-20-26-3-9-29(10-4-26)32-23-47-32/h1-12,31-33H,13-24H2. The van der Waals surface area contributed by atoms with Crippen molar-refractivity contribution in [1.29, 1.82) is 0 Å². The van der Waals surface area contributed by atoms with Gasteiger partial charge in [-0.25, -0.2) is 28.1 Å². The number of hydrogen-bond acceptors (Lipinski definition) is 9. The number of ether oxygens (including phenoxy) is 6. The number of nitrogens with zero attached hydrogens (tertiary/aromatic N) is 3. The van der Waals surface area contributed by atoms with E-state index in [1.807, 2.05) is 72.8 Å². The van der Waals surface area contributed by atoms with Crippen LogP contribution >= 0.6 is 0 Å². The first-order valence-corrected chi connectivity index (χ1v) is 16.3. The van der Waals surface area contributed by atoms with Gasteiger partial charge in [0, 0.05) is 0 Å². The van der Waals surface area contributed by atoms with E-state index in [1.54, 1.807) is 0 Å². The molecule has 0 aliphatic carbocycles. The molecule has 0 saturated carbocycles. The van der Waals surface area contributed by atoms with Gasteiger partial charge in [-0.05, 0) is 33.4 Å². The fourth-order valence-electron chi connectivity index (χ4n) is 5.50. The van der Waals surface area contributed by atoms with Gasteiger partial charge >= 0.3 is 17.1 Å². The van der Waals surface area contributed by atoms with Crippen molar-refractivity contribution in [2.45, 2.75) is 57.8 Å². The third-order valence-electron chi connectivity index (χ3n) is 8.62. The SMILES string of the molecule is O=c1n(CCOCc2ccc(C3CO3)cc2)c(=O)n(CCOCc2ccc(C3CO3)cc2)c(=O)n1CCOCc1ccc(C2CO2)cc1. The molecule has 0 spiro atoms. The van der Waals surface area contributed by atoms with Crippen LogP contribution in [0.15, 0.2) is 87.2 Å². The fourth-order valence-corrected chi connectivity index (χ4v) is 5.50.